The first-order valence-electron chi connectivity index (χ1n) is 6.59. The Balaban J connectivity index is 1.99. The highest BCUT2D eigenvalue weighted by atomic mass is 32.2. The molecule has 19 heavy (non-hydrogen) atoms. The second-order valence-electron chi connectivity index (χ2n) is 4.65. The molecule has 1 aromatic heterocycles. The van der Waals surface area contributed by atoms with Gasteiger partial charge in [0.15, 0.2) is 0 Å². The Labute approximate surface area is 119 Å². The molecule has 0 spiro atoms. The number of nitrogens with two attached hydrogens (primary N) is 1. The van der Waals surface area contributed by atoms with E-state index < -0.39 is 0 Å². The summed E-state index contributed by atoms with van der Waals surface area (Å²) in [5.74, 6) is 0.980. The highest BCUT2D eigenvalue weighted by molar-refractivity contribution is 7.98. The Kier molecular flexibility index (Phi) is 5.00. The molecule has 0 saturated carbocycles. The quantitative estimate of drug-likeness (QED) is 0.833. The molecule has 1 heterocycles. The standard InChI is InChI=1S/C16H20N2S/c1-3-15(17)16-9-8-14(10-18-16)19-11-13-7-5-4-6-12(13)2/h4-10,15H,3,11,17H2,1-2H3/t15-/m0/s1. The normalized spacial score (nSPS) is 12.4. The molecule has 0 saturated heterocycles. The maximum Gasteiger partial charge on any atom is 0.0571 e. The summed E-state index contributed by atoms with van der Waals surface area (Å²) < 4.78 is 0. The van der Waals surface area contributed by atoms with E-state index in [1.165, 1.54) is 16.0 Å². The van der Waals surface area contributed by atoms with E-state index in [0.717, 1.165) is 17.9 Å². The molecule has 100 valence electrons. The van der Waals surface area contributed by atoms with Gasteiger partial charge in [0.2, 0.25) is 0 Å². The molecule has 2 N–H and O–H groups in total. The van der Waals surface area contributed by atoms with Gasteiger partial charge in [-0.25, -0.2) is 0 Å². The van der Waals surface area contributed by atoms with Crippen LogP contribution < -0.4 is 5.73 Å². The van der Waals surface area contributed by atoms with E-state index in [1.54, 1.807) is 0 Å². The first-order valence-corrected chi connectivity index (χ1v) is 7.58. The van der Waals surface area contributed by atoms with Gasteiger partial charge in [-0.15, -0.1) is 11.8 Å². The Morgan fingerprint density at radius 3 is 2.63 bits per heavy atom. The van der Waals surface area contributed by atoms with E-state index in [0.29, 0.717) is 0 Å². The number of hydrogen-bond acceptors (Lipinski definition) is 3. The third-order valence-corrected chi connectivity index (χ3v) is 4.26. The van der Waals surface area contributed by atoms with Gasteiger partial charge in [0, 0.05) is 22.9 Å². The molecule has 1 atom stereocenters. The smallest absolute Gasteiger partial charge is 0.0571 e. The number of pyridine rings is 1. The third-order valence-electron chi connectivity index (χ3n) is 3.23. The highest BCUT2D eigenvalue weighted by Gasteiger charge is 2.05. The minimum atomic E-state index is 0.0513. The molecule has 0 amide bonds. The summed E-state index contributed by atoms with van der Waals surface area (Å²) in [4.78, 5) is 5.63. The van der Waals surface area contributed by atoms with Crippen molar-refractivity contribution in [3.63, 3.8) is 0 Å². The van der Waals surface area contributed by atoms with Gasteiger partial charge in [-0.2, -0.15) is 0 Å². The van der Waals surface area contributed by atoms with Gasteiger partial charge >= 0.3 is 0 Å². The lowest BCUT2D eigenvalue weighted by atomic mass is 10.1. The van der Waals surface area contributed by atoms with E-state index >= 15 is 0 Å². The lowest BCUT2D eigenvalue weighted by molar-refractivity contribution is 0.674. The number of aryl methyl sites for hydroxylation is 1. The lowest BCUT2D eigenvalue weighted by Gasteiger charge is -2.09. The zero-order chi connectivity index (χ0) is 13.7. The molecule has 0 fully saturated rings. The second-order valence-corrected chi connectivity index (χ2v) is 5.70. The van der Waals surface area contributed by atoms with E-state index in [4.69, 9.17) is 5.73 Å². The SMILES string of the molecule is CC[C@H](N)c1ccc(SCc2ccccc2C)cn1. The summed E-state index contributed by atoms with van der Waals surface area (Å²) in [6.07, 6.45) is 2.84. The van der Waals surface area contributed by atoms with Crippen molar-refractivity contribution in [2.45, 2.75) is 37.0 Å². The molecule has 0 aliphatic carbocycles. The maximum atomic E-state index is 5.96. The fourth-order valence-corrected chi connectivity index (χ4v) is 2.78. The van der Waals surface area contributed by atoms with Gasteiger partial charge in [0.1, 0.15) is 0 Å². The molecule has 3 heteroatoms. The van der Waals surface area contributed by atoms with Crippen LogP contribution >= 0.6 is 11.8 Å². The van der Waals surface area contributed by atoms with Crippen molar-refractivity contribution >= 4 is 11.8 Å². The molecule has 2 rings (SSSR count). The predicted octanol–water partition coefficient (Wildman–Crippen LogP) is 4.09. The first kappa shape index (κ1) is 14.1. The molecule has 0 radical (unpaired) electrons. The van der Waals surface area contributed by atoms with Crippen molar-refractivity contribution in [3.05, 3.63) is 59.4 Å². The molecule has 1 aromatic carbocycles. The van der Waals surface area contributed by atoms with Crippen LogP contribution in [-0.2, 0) is 5.75 Å². The van der Waals surface area contributed by atoms with E-state index in [-0.39, 0.29) is 6.04 Å². The average Bonchev–Trinajstić information content (AvgIpc) is 2.46. The summed E-state index contributed by atoms with van der Waals surface area (Å²) in [6, 6.07) is 12.7. The molecule has 0 aliphatic rings. The van der Waals surface area contributed by atoms with Gasteiger partial charge in [-0.1, -0.05) is 31.2 Å². The summed E-state index contributed by atoms with van der Waals surface area (Å²) in [5.41, 5.74) is 9.65. The number of thioether (sulfide) groups is 1. The topological polar surface area (TPSA) is 38.9 Å². The van der Waals surface area contributed by atoms with Crippen molar-refractivity contribution in [1.82, 2.24) is 4.98 Å². The van der Waals surface area contributed by atoms with Crippen molar-refractivity contribution < 1.29 is 0 Å². The van der Waals surface area contributed by atoms with Gasteiger partial charge in [0.25, 0.3) is 0 Å². The summed E-state index contributed by atoms with van der Waals surface area (Å²) in [6.45, 7) is 4.23. The number of hydrogen-bond donors (Lipinski definition) is 1. The molecule has 0 aliphatic heterocycles. The molecular formula is C16H20N2S. The Morgan fingerprint density at radius 2 is 2.00 bits per heavy atom. The number of rotatable bonds is 5. The summed E-state index contributed by atoms with van der Waals surface area (Å²) in [5, 5.41) is 0. The highest BCUT2D eigenvalue weighted by Crippen LogP contribution is 2.24. The Hall–Kier alpha value is -1.32. The van der Waals surface area contributed by atoms with Crippen molar-refractivity contribution in [3.8, 4) is 0 Å². The van der Waals surface area contributed by atoms with Crippen LogP contribution in [-0.4, -0.2) is 4.98 Å². The van der Waals surface area contributed by atoms with Crippen LogP contribution in [0.15, 0.2) is 47.5 Å². The minimum Gasteiger partial charge on any atom is -0.323 e. The molecule has 2 nitrogen and oxygen atoms in total. The zero-order valence-electron chi connectivity index (χ0n) is 11.5. The van der Waals surface area contributed by atoms with Crippen molar-refractivity contribution in [2.24, 2.45) is 5.73 Å². The largest absolute Gasteiger partial charge is 0.323 e. The molecule has 0 bridgehead atoms. The fraction of sp³-hybridized carbons (Fsp3) is 0.312. The molecule has 0 unspecified atom stereocenters. The van der Waals surface area contributed by atoms with Crippen LogP contribution in [0.4, 0.5) is 0 Å². The monoisotopic (exact) mass is 272 g/mol. The lowest BCUT2D eigenvalue weighted by Crippen LogP contribution is -2.10. The minimum absolute atomic E-state index is 0.0513. The zero-order valence-corrected chi connectivity index (χ0v) is 12.3. The Bertz CT molecular complexity index is 523. The van der Waals surface area contributed by atoms with Crippen LogP contribution in [0.1, 0.15) is 36.2 Å². The van der Waals surface area contributed by atoms with E-state index in [1.807, 2.05) is 24.0 Å². The van der Waals surface area contributed by atoms with Crippen LogP contribution in [0.2, 0.25) is 0 Å². The first-order chi connectivity index (χ1) is 9.20. The number of benzene rings is 1. The van der Waals surface area contributed by atoms with Crippen LogP contribution in [0.25, 0.3) is 0 Å². The molecular weight excluding hydrogens is 252 g/mol. The molecule has 2 aromatic rings. The van der Waals surface area contributed by atoms with Crippen LogP contribution in [0.3, 0.4) is 0 Å². The van der Waals surface area contributed by atoms with E-state index in [2.05, 4.69) is 49.2 Å². The van der Waals surface area contributed by atoms with E-state index in [9.17, 15) is 0 Å². The average molecular weight is 272 g/mol. The number of aromatic nitrogens is 1. The predicted molar refractivity (Wildman–Crippen MR) is 82.2 cm³/mol. The Morgan fingerprint density at radius 1 is 1.21 bits per heavy atom. The van der Waals surface area contributed by atoms with Gasteiger partial charge < -0.3 is 5.73 Å². The van der Waals surface area contributed by atoms with Crippen molar-refractivity contribution in [2.75, 3.05) is 0 Å². The third kappa shape index (κ3) is 3.82. The van der Waals surface area contributed by atoms with Crippen molar-refractivity contribution in [1.29, 1.82) is 0 Å². The fourth-order valence-electron chi connectivity index (χ4n) is 1.84. The maximum absolute atomic E-state index is 5.96. The summed E-state index contributed by atoms with van der Waals surface area (Å²) >= 11 is 1.81. The number of nitrogens with zero attached hydrogens (tertiary/aromatic N) is 1. The van der Waals surface area contributed by atoms with Gasteiger partial charge in [-0.05, 0) is 36.6 Å². The summed E-state index contributed by atoms with van der Waals surface area (Å²) in [7, 11) is 0. The van der Waals surface area contributed by atoms with Crippen LogP contribution in [0.5, 0.6) is 0 Å². The second kappa shape index (κ2) is 6.73. The van der Waals surface area contributed by atoms with Gasteiger partial charge in [0.05, 0.1) is 5.69 Å². The van der Waals surface area contributed by atoms with Gasteiger partial charge in [-0.3, -0.25) is 4.98 Å². The van der Waals surface area contributed by atoms with Crippen LogP contribution in [0, 0.1) is 6.92 Å².